The molecule has 0 saturated heterocycles. The molecule has 0 fully saturated rings. The number of carboxylic acids is 1. The summed E-state index contributed by atoms with van der Waals surface area (Å²) in [4.78, 5) is 33.5. The van der Waals surface area contributed by atoms with Crippen LogP contribution in [-0.2, 0) is 9.59 Å². The van der Waals surface area contributed by atoms with Gasteiger partial charge in [-0.3, -0.25) is 9.59 Å². The molecule has 0 unspecified atom stereocenters. The van der Waals surface area contributed by atoms with Crippen LogP contribution >= 0.6 is 0 Å². The van der Waals surface area contributed by atoms with Crippen molar-refractivity contribution in [1.82, 2.24) is 5.32 Å². The van der Waals surface area contributed by atoms with Crippen molar-refractivity contribution in [3.05, 3.63) is 29.6 Å². The van der Waals surface area contributed by atoms with E-state index in [1.54, 1.807) is 0 Å². The monoisotopic (exact) mass is 298 g/mol. The van der Waals surface area contributed by atoms with E-state index in [2.05, 4.69) is 5.32 Å². The summed E-state index contributed by atoms with van der Waals surface area (Å²) in [5, 5.41) is 11.1. The number of rotatable bonds is 7. The Morgan fingerprint density at radius 2 is 2.10 bits per heavy atom. The zero-order valence-electron chi connectivity index (χ0n) is 11.3. The molecule has 0 bridgehead atoms. The molecule has 0 aliphatic rings. The van der Waals surface area contributed by atoms with Gasteiger partial charge in [-0.2, -0.15) is 0 Å². The zero-order valence-corrected chi connectivity index (χ0v) is 11.3. The maximum Gasteiger partial charge on any atom is 0.326 e. The second-order valence-electron chi connectivity index (χ2n) is 4.22. The Labute approximate surface area is 119 Å². The lowest BCUT2D eigenvalue weighted by Crippen LogP contribution is -2.41. The summed E-state index contributed by atoms with van der Waals surface area (Å²) in [6, 6.07) is 2.23. The molecule has 21 heavy (non-hydrogen) atoms. The van der Waals surface area contributed by atoms with E-state index in [1.165, 1.54) is 19.2 Å². The van der Waals surface area contributed by atoms with E-state index in [0.29, 0.717) is 0 Å². The molecular formula is C13H15FN2O5. The summed E-state index contributed by atoms with van der Waals surface area (Å²) in [7, 11) is 1.35. The molecule has 0 aliphatic heterocycles. The van der Waals surface area contributed by atoms with E-state index in [1.807, 2.05) is 0 Å². The van der Waals surface area contributed by atoms with Crippen molar-refractivity contribution in [2.24, 2.45) is 5.73 Å². The number of carbonyl (C=O) groups excluding carboxylic acids is 2. The molecule has 114 valence electrons. The Balaban J connectivity index is 2.82. The van der Waals surface area contributed by atoms with Crippen LogP contribution in [0.5, 0.6) is 5.75 Å². The van der Waals surface area contributed by atoms with E-state index in [-0.39, 0.29) is 24.2 Å². The number of carboxylic acid groups (broad SMARTS) is 1. The number of primary amides is 1. The van der Waals surface area contributed by atoms with Crippen LogP contribution in [0.15, 0.2) is 18.2 Å². The third-order valence-electron chi connectivity index (χ3n) is 2.70. The van der Waals surface area contributed by atoms with Crippen LogP contribution in [-0.4, -0.2) is 36.0 Å². The molecular weight excluding hydrogens is 283 g/mol. The van der Waals surface area contributed by atoms with Gasteiger partial charge < -0.3 is 20.9 Å². The van der Waals surface area contributed by atoms with Crippen molar-refractivity contribution in [2.75, 3.05) is 7.11 Å². The third-order valence-corrected chi connectivity index (χ3v) is 2.70. The van der Waals surface area contributed by atoms with Crippen molar-refractivity contribution in [3.63, 3.8) is 0 Å². The average molecular weight is 298 g/mol. The number of benzene rings is 1. The van der Waals surface area contributed by atoms with Crippen molar-refractivity contribution in [3.8, 4) is 5.75 Å². The minimum absolute atomic E-state index is 0.172. The van der Waals surface area contributed by atoms with Crippen LogP contribution in [0.2, 0.25) is 0 Å². The Morgan fingerprint density at radius 1 is 1.43 bits per heavy atom. The van der Waals surface area contributed by atoms with Crippen LogP contribution in [0.1, 0.15) is 23.2 Å². The van der Waals surface area contributed by atoms with Gasteiger partial charge in [-0.05, 0) is 18.6 Å². The summed E-state index contributed by atoms with van der Waals surface area (Å²) >= 11 is 0. The van der Waals surface area contributed by atoms with Gasteiger partial charge in [0.2, 0.25) is 5.91 Å². The molecule has 0 heterocycles. The molecule has 0 aromatic heterocycles. The molecule has 0 saturated carbocycles. The number of aliphatic carboxylic acids is 1. The smallest absolute Gasteiger partial charge is 0.326 e. The number of methoxy groups -OCH3 is 1. The number of carbonyl (C=O) groups is 3. The first kappa shape index (κ1) is 16.4. The maximum absolute atomic E-state index is 13.7. The van der Waals surface area contributed by atoms with E-state index >= 15 is 0 Å². The van der Waals surface area contributed by atoms with Gasteiger partial charge in [0, 0.05) is 12.5 Å². The molecule has 1 aromatic rings. The largest absolute Gasteiger partial charge is 0.497 e. The maximum atomic E-state index is 13.7. The minimum Gasteiger partial charge on any atom is -0.497 e. The number of hydrogen-bond acceptors (Lipinski definition) is 4. The molecule has 4 N–H and O–H groups in total. The van der Waals surface area contributed by atoms with Gasteiger partial charge in [-0.15, -0.1) is 0 Å². The first-order valence-electron chi connectivity index (χ1n) is 6.00. The predicted molar refractivity (Wildman–Crippen MR) is 70.3 cm³/mol. The van der Waals surface area contributed by atoms with E-state index < -0.39 is 29.6 Å². The fourth-order valence-electron chi connectivity index (χ4n) is 1.59. The summed E-state index contributed by atoms with van der Waals surface area (Å²) in [6.07, 6.45) is -0.378. The van der Waals surface area contributed by atoms with Gasteiger partial charge in [0.25, 0.3) is 5.91 Å². The Hall–Kier alpha value is -2.64. The zero-order chi connectivity index (χ0) is 16.0. The summed E-state index contributed by atoms with van der Waals surface area (Å²) in [5.41, 5.74) is 4.60. The molecule has 0 radical (unpaired) electrons. The molecule has 7 nitrogen and oxygen atoms in total. The molecule has 8 heteroatoms. The summed E-state index contributed by atoms with van der Waals surface area (Å²) in [6.45, 7) is 0. The Kier molecular flexibility index (Phi) is 5.65. The molecule has 0 aliphatic carbocycles. The highest BCUT2D eigenvalue weighted by atomic mass is 19.1. The lowest BCUT2D eigenvalue weighted by Gasteiger charge is -2.14. The first-order chi connectivity index (χ1) is 9.85. The highest BCUT2D eigenvalue weighted by molar-refractivity contribution is 5.97. The average Bonchev–Trinajstić information content (AvgIpc) is 2.42. The van der Waals surface area contributed by atoms with Gasteiger partial charge in [0.1, 0.15) is 17.6 Å². The van der Waals surface area contributed by atoms with Crippen LogP contribution < -0.4 is 15.8 Å². The first-order valence-corrected chi connectivity index (χ1v) is 6.00. The number of ether oxygens (including phenoxy) is 1. The van der Waals surface area contributed by atoms with Crippen molar-refractivity contribution < 1.29 is 28.6 Å². The number of halogens is 1. The second-order valence-corrected chi connectivity index (χ2v) is 4.22. The topological polar surface area (TPSA) is 119 Å². The fraction of sp³-hybridized carbons (Fsp3) is 0.308. The van der Waals surface area contributed by atoms with Crippen molar-refractivity contribution in [2.45, 2.75) is 18.9 Å². The molecule has 1 aromatic carbocycles. The minimum atomic E-state index is -1.33. The third kappa shape index (κ3) is 4.75. The molecule has 1 rings (SSSR count). The summed E-state index contributed by atoms with van der Waals surface area (Å²) in [5.74, 6) is -3.53. The van der Waals surface area contributed by atoms with Crippen LogP contribution in [0.4, 0.5) is 4.39 Å². The predicted octanol–water partition coefficient (Wildman–Crippen LogP) is 0.283. The highest BCUT2D eigenvalue weighted by Gasteiger charge is 2.22. The number of nitrogens with two attached hydrogens (primary N) is 1. The van der Waals surface area contributed by atoms with Gasteiger partial charge >= 0.3 is 5.97 Å². The lowest BCUT2D eigenvalue weighted by atomic mass is 10.1. The van der Waals surface area contributed by atoms with Gasteiger partial charge in [-0.1, -0.05) is 0 Å². The quantitative estimate of drug-likeness (QED) is 0.668. The van der Waals surface area contributed by atoms with E-state index in [4.69, 9.17) is 15.6 Å². The number of nitrogens with one attached hydrogen (secondary N) is 1. The molecule has 1 atom stereocenters. The lowest BCUT2D eigenvalue weighted by molar-refractivity contribution is -0.139. The highest BCUT2D eigenvalue weighted by Crippen LogP contribution is 2.16. The normalized spacial score (nSPS) is 11.5. The van der Waals surface area contributed by atoms with Gasteiger partial charge in [0.15, 0.2) is 0 Å². The van der Waals surface area contributed by atoms with E-state index in [9.17, 15) is 18.8 Å². The van der Waals surface area contributed by atoms with E-state index in [0.717, 1.165) is 6.07 Å². The number of hydrogen-bond donors (Lipinski definition) is 3. The summed E-state index contributed by atoms with van der Waals surface area (Å²) < 4.78 is 18.5. The van der Waals surface area contributed by atoms with Crippen molar-refractivity contribution >= 4 is 17.8 Å². The molecule has 2 amide bonds. The van der Waals surface area contributed by atoms with Crippen LogP contribution in [0, 0.1) is 5.82 Å². The second kappa shape index (κ2) is 7.22. The van der Waals surface area contributed by atoms with Crippen molar-refractivity contribution in [1.29, 1.82) is 0 Å². The SMILES string of the molecule is COc1ccc(C(=O)N[C@H](CCC(N)=O)C(=O)O)c(F)c1. The Morgan fingerprint density at radius 3 is 2.57 bits per heavy atom. The molecule has 0 spiro atoms. The number of amides is 2. The standard InChI is InChI=1S/C13H15FN2O5/c1-21-7-2-3-8(9(14)6-7)12(18)16-10(13(19)20)4-5-11(15)17/h2-3,6,10H,4-5H2,1H3,(H2,15,17)(H,16,18)(H,19,20)/t10-/m1/s1. The van der Waals surface area contributed by atoms with Gasteiger partial charge in [-0.25, -0.2) is 9.18 Å². The van der Waals surface area contributed by atoms with Crippen LogP contribution in [0.25, 0.3) is 0 Å². The van der Waals surface area contributed by atoms with Crippen LogP contribution in [0.3, 0.4) is 0 Å². The fourth-order valence-corrected chi connectivity index (χ4v) is 1.59. The van der Waals surface area contributed by atoms with Gasteiger partial charge in [0.05, 0.1) is 12.7 Å². The Bertz CT molecular complexity index is 561.